The zero-order valence-electron chi connectivity index (χ0n) is 10.4. The summed E-state index contributed by atoms with van der Waals surface area (Å²) in [5.41, 5.74) is 1.04. The molecule has 4 heteroatoms. The number of hydrogen-bond acceptors (Lipinski definition) is 2. The standard InChI is InChI=1S/C14H19FN2O/c15-12-5-3-11(4-6-12)7-9-17-14(18)10-13-2-1-8-16-13/h3-6,13,16H,1-2,7-10H2,(H,17,18). The minimum atomic E-state index is -0.227. The summed E-state index contributed by atoms with van der Waals surface area (Å²) in [6, 6.07) is 6.73. The van der Waals surface area contributed by atoms with Gasteiger partial charge in [-0.25, -0.2) is 4.39 Å². The number of carbonyl (C=O) groups is 1. The molecule has 1 atom stereocenters. The van der Waals surface area contributed by atoms with E-state index < -0.39 is 0 Å². The summed E-state index contributed by atoms with van der Waals surface area (Å²) >= 11 is 0. The lowest BCUT2D eigenvalue weighted by Gasteiger charge is -2.10. The molecule has 0 aromatic heterocycles. The average molecular weight is 250 g/mol. The maximum Gasteiger partial charge on any atom is 0.221 e. The summed E-state index contributed by atoms with van der Waals surface area (Å²) in [6.07, 6.45) is 3.55. The predicted molar refractivity (Wildman–Crippen MR) is 68.8 cm³/mol. The number of carbonyl (C=O) groups excluding carboxylic acids is 1. The lowest BCUT2D eigenvalue weighted by atomic mass is 10.1. The van der Waals surface area contributed by atoms with Gasteiger partial charge in [-0.15, -0.1) is 0 Å². The molecule has 0 spiro atoms. The molecule has 1 amide bonds. The number of benzene rings is 1. The average Bonchev–Trinajstić information content (AvgIpc) is 2.84. The van der Waals surface area contributed by atoms with E-state index in [1.807, 2.05) is 0 Å². The zero-order valence-corrected chi connectivity index (χ0v) is 10.4. The van der Waals surface area contributed by atoms with Crippen molar-refractivity contribution in [3.05, 3.63) is 35.6 Å². The van der Waals surface area contributed by atoms with Gasteiger partial charge >= 0.3 is 0 Å². The number of nitrogens with one attached hydrogen (secondary N) is 2. The SMILES string of the molecule is O=C(CC1CCCN1)NCCc1ccc(F)cc1. The summed E-state index contributed by atoms with van der Waals surface area (Å²) in [7, 11) is 0. The van der Waals surface area contributed by atoms with Crippen molar-refractivity contribution in [3.8, 4) is 0 Å². The molecule has 1 fully saturated rings. The highest BCUT2D eigenvalue weighted by Gasteiger charge is 2.16. The van der Waals surface area contributed by atoms with Crippen LogP contribution in [-0.2, 0) is 11.2 Å². The van der Waals surface area contributed by atoms with Crippen molar-refractivity contribution >= 4 is 5.91 Å². The Morgan fingerprint density at radius 2 is 2.17 bits per heavy atom. The van der Waals surface area contributed by atoms with Crippen LogP contribution in [0.2, 0.25) is 0 Å². The molecule has 0 radical (unpaired) electrons. The van der Waals surface area contributed by atoms with E-state index in [1.165, 1.54) is 12.1 Å². The Kier molecular flexibility index (Phi) is 4.70. The number of halogens is 1. The van der Waals surface area contributed by atoms with Gasteiger partial charge in [0.2, 0.25) is 5.91 Å². The first-order valence-corrected chi connectivity index (χ1v) is 6.48. The van der Waals surface area contributed by atoms with Crippen molar-refractivity contribution in [1.82, 2.24) is 10.6 Å². The van der Waals surface area contributed by atoms with E-state index >= 15 is 0 Å². The smallest absolute Gasteiger partial charge is 0.221 e. The van der Waals surface area contributed by atoms with Crippen LogP contribution >= 0.6 is 0 Å². The van der Waals surface area contributed by atoms with Gasteiger partial charge in [-0.2, -0.15) is 0 Å². The van der Waals surface area contributed by atoms with Crippen molar-refractivity contribution in [2.75, 3.05) is 13.1 Å². The van der Waals surface area contributed by atoms with E-state index in [1.54, 1.807) is 12.1 Å². The van der Waals surface area contributed by atoms with E-state index in [2.05, 4.69) is 10.6 Å². The molecule has 98 valence electrons. The molecule has 1 aromatic carbocycles. The molecule has 1 saturated heterocycles. The van der Waals surface area contributed by atoms with E-state index in [0.29, 0.717) is 19.0 Å². The molecule has 0 aliphatic carbocycles. The molecule has 3 nitrogen and oxygen atoms in total. The van der Waals surface area contributed by atoms with Crippen LogP contribution in [0.3, 0.4) is 0 Å². The molecule has 1 unspecified atom stereocenters. The van der Waals surface area contributed by atoms with Crippen LogP contribution in [0.25, 0.3) is 0 Å². The summed E-state index contributed by atoms with van der Waals surface area (Å²) in [5.74, 6) is -0.133. The van der Waals surface area contributed by atoms with Crippen LogP contribution in [0, 0.1) is 5.82 Å². The highest BCUT2D eigenvalue weighted by atomic mass is 19.1. The third-order valence-electron chi connectivity index (χ3n) is 3.24. The molecule has 2 N–H and O–H groups in total. The van der Waals surface area contributed by atoms with Gasteiger partial charge in [-0.1, -0.05) is 12.1 Å². The molecule has 1 aliphatic rings. The summed E-state index contributed by atoms with van der Waals surface area (Å²) in [4.78, 5) is 11.6. The normalized spacial score (nSPS) is 18.8. The maximum absolute atomic E-state index is 12.7. The van der Waals surface area contributed by atoms with Gasteiger partial charge in [-0.3, -0.25) is 4.79 Å². The van der Waals surface area contributed by atoms with E-state index in [-0.39, 0.29) is 11.7 Å². The Morgan fingerprint density at radius 1 is 1.39 bits per heavy atom. The van der Waals surface area contributed by atoms with Crippen LogP contribution in [0.5, 0.6) is 0 Å². The Balaban J connectivity index is 1.65. The molecule has 0 saturated carbocycles. The lowest BCUT2D eigenvalue weighted by Crippen LogP contribution is -2.32. The Bertz CT molecular complexity index is 385. The first-order chi connectivity index (χ1) is 8.74. The first-order valence-electron chi connectivity index (χ1n) is 6.48. The van der Waals surface area contributed by atoms with E-state index in [9.17, 15) is 9.18 Å². The zero-order chi connectivity index (χ0) is 12.8. The monoisotopic (exact) mass is 250 g/mol. The molecule has 1 aromatic rings. The maximum atomic E-state index is 12.7. The predicted octanol–water partition coefficient (Wildman–Crippen LogP) is 1.63. The number of hydrogen-bond donors (Lipinski definition) is 2. The van der Waals surface area contributed by atoms with Crippen molar-refractivity contribution in [2.45, 2.75) is 31.7 Å². The fourth-order valence-electron chi connectivity index (χ4n) is 2.22. The van der Waals surface area contributed by atoms with Gasteiger partial charge in [0, 0.05) is 19.0 Å². The largest absolute Gasteiger partial charge is 0.356 e. The van der Waals surface area contributed by atoms with Crippen LogP contribution in [0.4, 0.5) is 4.39 Å². The van der Waals surface area contributed by atoms with Crippen LogP contribution in [-0.4, -0.2) is 25.0 Å². The second kappa shape index (κ2) is 6.50. The van der Waals surface area contributed by atoms with E-state index in [4.69, 9.17) is 0 Å². The lowest BCUT2D eigenvalue weighted by molar-refractivity contribution is -0.121. The minimum absolute atomic E-state index is 0.0940. The molecule has 1 aliphatic heterocycles. The summed E-state index contributed by atoms with van der Waals surface area (Å²) in [6.45, 7) is 1.63. The van der Waals surface area contributed by atoms with Crippen molar-refractivity contribution in [1.29, 1.82) is 0 Å². The third kappa shape index (κ3) is 4.11. The van der Waals surface area contributed by atoms with Gasteiger partial charge in [0.1, 0.15) is 5.82 Å². The molecular weight excluding hydrogens is 231 g/mol. The minimum Gasteiger partial charge on any atom is -0.356 e. The molecular formula is C14H19FN2O. The first kappa shape index (κ1) is 13.0. The van der Waals surface area contributed by atoms with Gasteiger partial charge in [0.15, 0.2) is 0 Å². The Morgan fingerprint density at radius 3 is 2.83 bits per heavy atom. The molecule has 18 heavy (non-hydrogen) atoms. The molecule has 0 bridgehead atoms. The van der Waals surface area contributed by atoms with Crippen molar-refractivity contribution in [2.24, 2.45) is 0 Å². The highest BCUT2D eigenvalue weighted by molar-refractivity contribution is 5.76. The van der Waals surface area contributed by atoms with Gasteiger partial charge < -0.3 is 10.6 Å². The van der Waals surface area contributed by atoms with Crippen LogP contribution in [0.1, 0.15) is 24.8 Å². The fraction of sp³-hybridized carbons (Fsp3) is 0.500. The van der Waals surface area contributed by atoms with Gasteiger partial charge in [0.25, 0.3) is 0 Å². The Labute approximate surface area is 107 Å². The second-order valence-electron chi connectivity index (χ2n) is 4.72. The topological polar surface area (TPSA) is 41.1 Å². The van der Waals surface area contributed by atoms with Crippen LogP contribution in [0.15, 0.2) is 24.3 Å². The van der Waals surface area contributed by atoms with Crippen LogP contribution < -0.4 is 10.6 Å². The van der Waals surface area contributed by atoms with Gasteiger partial charge in [-0.05, 0) is 43.5 Å². The molecule has 2 rings (SSSR count). The van der Waals surface area contributed by atoms with Crippen molar-refractivity contribution in [3.63, 3.8) is 0 Å². The quantitative estimate of drug-likeness (QED) is 0.834. The number of amides is 1. The van der Waals surface area contributed by atoms with Crippen molar-refractivity contribution < 1.29 is 9.18 Å². The number of rotatable bonds is 5. The Hall–Kier alpha value is -1.42. The van der Waals surface area contributed by atoms with Gasteiger partial charge in [0.05, 0.1) is 0 Å². The summed E-state index contributed by atoms with van der Waals surface area (Å²) < 4.78 is 12.7. The summed E-state index contributed by atoms with van der Waals surface area (Å²) in [5, 5.41) is 6.20. The third-order valence-corrected chi connectivity index (χ3v) is 3.24. The fourth-order valence-corrected chi connectivity index (χ4v) is 2.22. The second-order valence-corrected chi connectivity index (χ2v) is 4.72. The molecule has 1 heterocycles. The van der Waals surface area contributed by atoms with E-state index in [0.717, 1.165) is 31.4 Å². The highest BCUT2D eigenvalue weighted by Crippen LogP contribution is 2.08.